The molecule has 3 amide bonds. The number of nitrogens with zero attached hydrogens (tertiary/aromatic N) is 4. The molecule has 1 aromatic heterocycles. The lowest BCUT2D eigenvalue weighted by Gasteiger charge is -2.40. The number of fused-ring (bicyclic) bond motifs is 1. The lowest BCUT2D eigenvalue weighted by Crippen LogP contribution is -2.62. The molecule has 2 aliphatic heterocycles. The number of aromatic nitrogens is 2. The van der Waals surface area contributed by atoms with Gasteiger partial charge in [-0.25, -0.2) is 0 Å². The summed E-state index contributed by atoms with van der Waals surface area (Å²) < 4.78 is 1.48. The predicted octanol–water partition coefficient (Wildman–Crippen LogP) is 1.65. The Balaban J connectivity index is 1.38. The van der Waals surface area contributed by atoms with Crippen LogP contribution in [0.2, 0.25) is 0 Å². The summed E-state index contributed by atoms with van der Waals surface area (Å²) in [6.45, 7) is 5.74. The number of hydrogen-bond donors (Lipinski definition) is 2. The van der Waals surface area contributed by atoms with Gasteiger partial charge in [-0.3, -0.25) is 19.1 Å². The summed E-state index contributed by atoms with van der Waals surface area (Å²) in [7, 11) is 1.61. The SMILES string of the molecule is CN1C(=O)c2cc(C(=O)NCCN3CCCCCC3)nn2C[C@]1(C)C(=O)NCc1ccccc1. The maximum Gasteiger partial charge on any atom is 0.272 e. The fourth-order valence-electron chi connectivity index (χ4n) is 4.58. The Morgan fingerprint density at radius 1 is 1.06 bits per heavy atom. The van der Waals surface area contributed by atoms with E-state index in [9.17, 15) is 14.4 Å². The first-order valence-corrected chi connectivity index (χ1v) is 12.1. The average Bonchev–Trinajstić information content (AvgIpc) is 3.09. The summed E-state index contributed by atoms with van der Waals surface area (Å²) in [6, 6.07) is 11.1. The smallest absolute Gasteiger partial charge is 0.272 e. The molecule has 1 fully saturated rings. The molecule has 1 saturated heterocycles. The summed E-state index contributed by atoms with van der Waals surface area (Å²) in [5, 5.41) is 10.2. The number of carbonyl (C=O) groups excluding carboxylic acids is 3. The fourth-order valence-corrected chi connectivity index (χ4v) is 4.58. The molecule has 2 aromatic rings. The van der Waals surface area contributed by atoms with Gasteiger partial charge >= 0.3 is 0 Å². The summed E-state index contributed by atoms with van der Waals surface area (Å²) in [6.07, 6.45) is 4.95. The second-order valence-electron chi connectivity index (χ2n) is 9.39. The number of benzene rings is 1. The average molecular weight is 467 g/mol. The molecule has 1 atom stereocenters. The van der Waals surface area contributed by atoms with Crippen molar-refractivity contribution in [2.75, 3.05) is 33.2 Å². The summed E-state index contributed by atoms with van der Waals surface area (Å²) in [4.78, 5) is 42.7. The van der Waals surface area contributed by atoms with Gasteiger partial charge in [0.05, 0.1) is 6.54 Å². The van der Waals surface area contributed by atoms with Crippen LogP contribution in [-0.2, 0) is 17.9 Å². The van der Waals surface area contributed by atoms with Gasteiger partial charge < -0.3 is 20.4 Å². The normalized spacial score (nSPS) is 21.0. The van der Waals surface area contributed by atoms with Crippen LogP contribution in [0.5, 0.6) is 0 Å². The highest BCUT2D eigenvalue weighted by molar-refractivity contribution is 6.01. The minimum Gasteiger partial charge on any atom is -0.350 e. The van der Waals surface area contributed by atoms with Gasteiger partial charge in [0.15, 0.2) is 5.69 Å². The summed E-state index contributed by atoms with van der Waals surface area (Å²) in [5.41, 5.74) is 0.365. The molecule has 2 N–H and O–H groups in total. The largest absolute Gasteiger partial charge is 0.350 e. The van der Waals surface area contributed by atoms with Crippen molar-refractivity contribution in [2.24, 2.45) is 0 Å². The van der Waals surface area contributed by atoms with Crippen molar-refractivity contribution < 1.29 is 14.4 Å². The molecular weight excluding hydrogens is 432 g/mol. The van der Waals surface area contributed by atoms with Gasteiger partial charge in [-0.2, -0.15) is 5.10 Å². The third-order valence-electron chi connectivity index (χ3n) is 6.93. The first-order chi connectivity index (χ1) is 16.4. The molecule has 0 bridgehead atoms. The van der Waals surface area contributed by atoms with Crippen molar-refractivity contribution >= 4 is 17.7 Å². The lowest BCUT2D eigenvalue weighted by atomic mass is 9.96. The number of likely N-dealkylation sites (N-methyl/N-ethyl adjacent to an activating group) is 1. The molecule has 9 nitrogen and oxygen atoms in total. The van der Waals surface area contributed by atoms with E-state index in [4.69, 9.17) is 0 Å². The Labute approximate surface area is 200 Å². The summed E-state index contributed by atoms with van der Waals surface area (Å²) >= 11 is 0. The zero-order valence-electron chi connectivity index (χ0n) is 20.0. The van der Waals surface area contributed by atoms with E-state index in [1.807, 2.05) is 30.3 Å². The molecular formula is C25H34N6O3. The second kappa shape index (κ2) is 10.4. The van der Waals surface area contributed by atoms with Crippen LogP contribution in [0.3, 0.4) is 0 Å². The van der Waals surface area contributed by atoms with E-state index in [1.54, 1.807) is 14.0 Å². The summed E-state index contributed by atoms with van der Waals surface area (Å²) in [5.74, 6) is -0.904. The minimum atomic E-state index is -1.12. The molecule has 0 spiro atoms. The number of carbonyl (C=O) groups is 3. The molecule has 4 rings (SSSR count). The van der Waals surface area contributed by atoms with Crippen molar-refractivity contribution in [3.63, 3.8) is 0 Å². The molecule has 1 aromatic carbocycles. The Bertz CT molecular complexity index is 1030. The molecule has 182 valence electrons. The predicted molar refractivity (Wildman–Crippen MR) is 128 cm³/mol. The van der Waals surface area contributed by atoms with Gasteiger partial charge in [-0.1, -0.05) is 43.2 Å². The highest BCUT2D eigenvalue weighted by Gasteiger charge is 2.46. The van der Waals surface area contributed by atoms with Crippen LogP contribution in [0.15, 0.2) is 36.4 Å². The molecule has 34 heavy (non-hydrogen) atoms. The van der Waals surface area contributed by atoms with Crippen molar-refractivity contribution in [2.45, 2.75) is 51.2 Å². The van der Waals surface area contributed by atoms with Gasteiger partial charge in [-0.05, 0) is 38.4 Å². The second-order valence-corrected chi connectivity index (χ2v) is 9.39. The van der Waals surface area contributed by atoms with Crippen molar-refractivity contribution in [3.05, 3.63) is 53.3 Å². The molecule has 0 radical (unpaired) electrons. The van der Waals surface area contributed by atoms with Crippen LogP contribution >= 0.6 is 0 Å². The number of amides is 3. The number of nitrogens with one attached hydrogen (secondary N) is 2. The van der Waals surface area contributed by atoms with Gasteiger partial charge in [0.1, 0.15) is 11.2 Å². The van der Waals surface area contributed by atoms with Gasteiger partial charge in [0.2, 0.25) is 5.91 Å². The van der Waals surface area contributed by atoms with Gasteiger partial charge in [0, 0.05) is 32.7 Å². The Kier molecular flexibility index (Phi) is 7.31. The number of rotatable bonds is 7. The van der Waals surface area contributed by atoms with E-state index in [2.05, 4.69) is 20.6 Å². The maximum absolute atomic E-state index is 13.1. The quantitative estimate of drug-likeness (QED) is 0.647. The first-order valence-electron chi connectivity index (χ1n) is 12.1. The molecule has 2 aliphatic rings. The molecule has 9 heteroatoms. The van der Waals surface area contributed by atoms with E-state index in [1.165, 1.54) is 41.3 Å². The Morgan fingerprint density at radius 2 is 1.76 bits per heavy atom. The highest BCUT2D eigenvalue weighted by atomic mass is 16.2. The van der Waals surface area contributed by atoms with Crippen molar-refractivity contribution in [1.82, 2.24) is 30.2 Å². The molecule has 0 aliphatic carbocycles. The van der Waals surface area contributed by atoms with E-state index >= 15 is 0 Å². The zero-order valence-corrected chi connectivity index (χ0v) is 20.0. The van der Waals surface area contributed by atoms with Gasteiger partial charge in [-0.15, -0.1) is 0 Å². The standard InChI is InChI=1S/C25H34N6O3/c1-25(24(34)27-17-19-10-6-5-7-11-19)18-31-21(23(33)29(25)2)16-20(28-31)22(32)26-12-15-30-13-8-3-4-9-14-30/h5-7,10-11,16H,3-4,8-9,12-15,17-18H2,1-2H3,(H,26,32)(H,27,34)/t25-/m1/s1. The topological polar surface area (TPSA) is 99.6 Å². The van der Waals surface area contributed by atoms with Crippen LogP contribution in [0, 0.1) is 0 Å². The third-order valence-corrected chi connectivity index (χ3v) is 6.93. The van der Waals surface area contributed by atoms with E-state index in [0.717, 1.165) is 25.2 Å². The monoisotopic (exact) mass is 466 g/mol. The van der Waals surface area contributed by atoms with Crippen LogP contribution in [0.25, 0.3) is 0 Å². The van der Waals surface area contributed by atoms with E-state index in [0.29, 0.717) is 18.8 Å². The maximum atomic E-state index is 13.1. The van der Waals surface area contributed by atoms with Crippen LogP contribution in [0.1, 0.15) is 59.1 Å². The number of likely N-dealkylation sites (tertiary alicyclic amines) is 1. The Hall–Kier alpha value is -3.20. The number of hydrogen-bond acceptors (Lipinski definition) is 5. The van der Waals surface area contributed by atoms with Crippen LogP contribution < -0.4 is 10.6 Å². The van der Waals surface area contributed by atoms with Crippen LogP contribution in [-0.4, -0.2) is 76.1 Å². The van der Waals surface area contributed by atoms with E-state index < -0.39 is 5.54 Å². The molecule has 3 heterocycles. The lowest BCUT2D eigenvalue weighted by molar-refractivity contribution is -0.132. The third kappa shape index (κ3) is 5.14. The van der Waals surface area contributed by atoms with Crippen LogP contribution in [0.4, 0.5) is 0 Å². The highest BCUT2D eigenvalue weighted by Crippen LogP contribution is 2.26. The minimum absolute atomic E-state index is 0.173. The van der Waals surface area contributed by atoms with E-state index in [-0.39, 0.29) is 30.0 Å². The zero-order chi connectivity index (χ0) is 24.1. The van der Waals surface area contributed by atoms with Crippen molar-refractivity contribution in [3.8, 4) is 0 Å². The van der Waals surface area contributed by atoms with Gasteiger partial charge in [0.25, 0.3) is 11.8 Å². The Morgan fingerprint density at radius 3 is 2.47 bits per heavy atom. The molecule has 0 unspecified atom stereocenters. The first kappa shape index (κ1) is 23.9. The molecule has 0 saturated carbocycles. The van der Waals surface area contributed by atoms with Crippen molar-refractivity contribution in [1.29, 1.82) is 0 Å². The fraction of sp³-hybridized carbons (Fsp3) is 0.520.